The molecular formula is C28H28F3N3O7S. The number of carbonyl (C=O) groups excluding carboxylic acids is 1. The van der Waals surface area contributed by atoms with Gasteiger partial charge in [0.15, 0.2) is 9.84 Å². The summed E-state index contributed by atoms with van der Waals surface area (Å²) in [6, 6.07) is 8.24. The van der Waals surface area contributed by atoms with Crippen LogP contribution < -0.4 is 15.4 Å². The number of benzene rings is 2. The summed E-state index contributed by atoms with van der Waals surface area (Å²) in [5.74, 6) is 5.52. The van der Waals surface area contributed by atoms with Crippen molar-refractivity contribution in [2.75, 3.05) is 38.4 Å². The number of aliphatic hydroxyl groups is 1. The van der Waals surface area contributed by atoms with Crippen LogP contribution in [0.2, 0.25) is 0 Å². The second-order valence-electron chi connectivity index (χ2n) is 10.0. The number of rotatable bonds is 7. The Hall–Kier alpha value is -3.77. The Morgan fingerprint density at radius 1 is 1.17 bits per heavy atom. The van der Waals surface area contributed by atoms with Crippen LogP contribution in [0.4, 0.5) is 18.9 Å². The van der Waals surface area contributed by atoms with E-state index in [9.17, 15) is 31.5 Å². The molecule has 5 rings (SSSR count). The lowest BCUT2D eigenvalue weighted by Crippen LogP contribution is -2.44. The minimum atomic E-state index is -4.48. The highest BCUT2D eigenvalue weighted by atomic mass is 32.2. The Morgan fingerprint density at radius 2 is 1.93 bits per heavy atom. The molecule has 2 aliphatic heterocycles. The fourth-order valence-electron chi connectivity index (χ4n) is 5.07. The summed E-state index contributed by atoms with van der Waals surface area (Å²) >= 11 is 0. The molecule has 3 N–H and O–H groups in total. The molecule has 14 heteroatoms. The number of hydrogen-bond acceptors (Lipinski definition) is 8. The molecule has 3 aromatic rings. The highest BCUT2D eigenvalue weighted by Crippen LogP contribution is 2.30. The van der Waals surface area contributed by atoms with Gasteiger partial charge in [0.2, 0.25) is 0 Å². The van der Waals surface area contributed by atoms with Crippen LogP contribution in [0.5, 0.6) is 5.75 Å². The number of hydrogen-bond donors (Lipinski definition) is 3. The number of alkyl halides is 3. The number of methoxy groups -OCH3 is 1. The van der Waals surface area contributed by atoms with Crippen molar-refractivity contribution in [2.24, 2.45) is 0 Å². The molecular weight excluding hydrogens is 579 g/mol. The van der Waals surface area contributed by atoms with Crippen LogP contribution in [0, 0.1) is 11.8 Å². The first kappa shape index (κ1) is 29.7. The van der Waals surface area contributed by atoms with E-state index in [0.29, 0.717) is 22.4 Å². The van der Waals surface area contributed by atoms with Crippen LogP contribution >= 0.6 is 0 Å². The molecule has 3 heterocycles. The number of aromatic nitrogens is 1. The molecule has 2 aliphatic rings. The predicted molar refractivity (Wildman–Crippen MR) is 146 cm³/mol. The maximum absolute atomic E-state index is 13.4. The number of halogens is 3. The summed E-state index contributed by atoms with van der Waals surface area (Å²) in [7, 11) is -2.04. The van der Waals surface area contributed by atoms with Crippen LogP contribution in [0.1, 0.15) is 15.9 Å². The lowest BCUT2D eigenvalue weighted by Gasteiger charge is -2.18. The molecule has 42 heavy (non-hydrogen) atoms. The smallest absolute Gasteiger partial charge is 0.406 e. The largest absolute Gasteiger partial charge is 0.495 e. The summed E-state index contributed by atoms with van der Waals surface area (Å²) in [6.45, 7) is -0.958. The Bertz CT molecular complexity index is 1680. The van der Waals surface area contributed by atoms with Gasteiger partial charge >= 0.3 is 6.18 Å². The fourth-order valence-corrected chi connectivity index (χ4v) is 5.71. The zero-order valence-corrected chi connectivity index (χ0v) is 23.4. The van der Waals surface area contributed by atoms with Gasteiger partial charge in [0, 0.05) is 35.0 Å². The van der Waals surface area contributed by atoms with E-state index in [0.717, 1.165) is 10.8 Å². The van der Waals surface area contributed by atoms with Crippen molar-refractivity contribution in [3.63, 3.8) is 0 Å². The monoisotopic (exact) mass is 607 g/mol. The number of aliphatic hydroxyl groups excluding tert-OH is 1. The molecule has 10 nitrogen and oxygen atoms in total. The van der Waals surface area contributed by atoms with Crippen molar-refractivity contribution in [1.82, 2.24) is 9.88 Å². The van der Waals surface area contributed by atoms with Crippen molar-refractivity contribution in [3.05, 3.63) is 53.7 Å². The van der Waals surface area contributed by atoms with Gasteiger partial charge in [0.05, 0.1) is 49.0 Å². The number of amides is 1. The number of nitrogens with one attached hydrogen (secondary N) is 2. The number of nitrogens with zero attached hydrogens (tertiary/aromatic N) is 1. The summed E-state index contributed by atoms with van der Waals surface area (Å²) in [6.07, 6.45) is -4.03. The number of carbonyl (C=O) groups is 1. The molecule has 0 radical (unpaired) electrons. The van der Waals surface area contributed by atoms with Crippen LogP contribution in [0.15, 0.2) is 47.5 Å². The first-order valence-corrected chi connectivity index (χ1v) is 14.8. The molecule has 2 fully saturated rings. The molecule has 0 aliphatic carbocycles. The minimum Gasteiger partial charge on any atom is -0.495 e. The Labute approximate surface area is 239 Å². The minimum absolute atomic E-state index is 0.0824. The normalized spacial score (nSPS) is 22.0. The van der Waals surface area contributed by atoms with E-state index >= 15 is 0 Å². The topological polar surface area (TPSA) is 128 Å². The average Bonchev–Trinajstić information content (AvgIpc) is 3.62. The van der Waals surface area contributed by atoms with E-state index in [1.807, 2.05) is 0 Å². The van der Waals surface area contributed by atoms with Crippen molar-refractivity contribution in [3.8, 4) is 17.6 Å². The van der Waals surface area contributed by atoms with Crippen molar-refractivity contribution in [2.45, 2.75) is 42.0 Å². The summed E-state index contributed by atoms with van der Waals surface area (Å²) < 4.78 is 80.9. The van der Waals surface area contributed by atoms with Gasteiger partial charge in [-0.25, -0.2) is 8.42 Å². The van der Waals surface area contributed by atoms with E-state index in [1.54, 1.807) is 6.07 Å². The molecule has 2 saturated heterocycles. The van der Waals surface area contributed by atoms with Crippen LogP contribution in [0.3, 0.4) is 0 Å². The Kier molecular flexibility index (Phi) is 8.13. The summed E-state index contributed by atoms with van der Waals surface area (Å²) in [5.41, 5.74) is 1.11. The lowest BCUT2D eigenvalue weighted by atomic mass is 10.0. The zero-order valence-electron chi connectivity index (χ0n) is 22.6. The summed E-state index contributed by atoms with van der Waals surface area (Å²) in [5, 5.41) is 16.2. The lowest BCUT2D eigenvalue weighted by molar-refractivity contribution is -0.139. The van der Waals surface area contributed by atoms with Crippen molar-refractivity contribution < 1.29 is 45.7 Å². The van der Waals surface area contributed by atoms with E-state index in [4.69, 9.17) is 14.2 Å². The fraction of sp³-hybridized carbons (Fsp3) is 0.393. The van der Waals surface area contributed by atoms with E-state index in [1.165, 1.54) is 43.6 Å². The van der Waals surface area contributed by atoms with Gasteiger partial charge in [-0.05, 0) is 30.3 Å². The molecule has 1 amide bonds. The first-order chi connectivity index (χ1) is 19.8. The highest BCUT2D eigenvalue weighted by molar-refractivity contribution is 7.90. The molecule has 0 spiro atoms. The molecule has 0 unspecified atom stereocenters. The van der Waals surface area contributed by atoms with E-state index in [2.05, 4.69) is 22.5 Å². The maximum Gasteiger partial charge on any atom is 0.406 e. The second kappa shape index (κ2) is 11.5. The van der Waals surface area contributed by atoms with Crippen molar-refractivity contribution >= 4 is 32.3 Å². The van der Waals surface area contributed by atoms with Gasteiger partial charge in [-0.1, -0.05) is 11.8 Å². The third-order valence-corrected chi connectivity index (χ3v) is 8.14. The van der Waals surface area contributed by atoms with Gasteiger partial charge in [-0.2, -0.15) is 13.2 Å². The van der Waals surface area contributed by atoms with Crippen LogP contribution in [-0.2, 0) is 25.9 Å². The average molecular weight is 608 g/mol. The van der Waals surface area contributed by atoms with E-state index < -0.39 is 52.8 Å². The van der Waals surface area contributed by atoms with Gasteiger partial charge in [-0.15, -0.1) is 0 Å². The molecule has 4 atom stereocenters. The first-order valence-electron chi connectivity index (χ1n) is 12.9. The van der Waals surface area contributed by atoms with Gasteiger partial charge < -0.3 is 34.5 Å². The van der Waals surface area contributed by atoms with Crippen LogP contribution in [-0.4, -0.2) is 87.7 Å². The number of ether oxygens (including phenoxy) is 3. The third kappa shape index (κ3) is 6.34. The number of sulfone groups is 1. The van der Waals surface area contributed by atoms with Gasteiger partial charge in [-0.3, -0.25) is 4.79 Å². The van der Waals surface area contributed by atoms with Crippen molar-refractivity contribution in [1.29, 1.82) is 0 Å². The molecule has 0 saturated carbocycles. The summed E-state index contributed by atoms with van der Waals surface area (Å²) in [4.78, 5) is 13.5. The quantitative estimate of drug-likeness (QED) is 0.350. The Morgan fingerprint density at radius 3 is 2.64 bits per heavy atom. The Balaban J connectivity index is 1.40. The van der Waals surface area contributed by atoms with Crippen LogP contribution in [0.25, 0.3) is 10.9 Å². The zero-order chi connectivity index (χ0) is 30.2. The molecule has 224 valence electrons. The highest BCUT2D eigenvalue weighted by Gasteiger charge is 2.47. The maximum atomic E-state index is 13.4. The standard InChI is InChI=1S/C28H28F3N3O7S/c1-39-24-12-17(42(2,37)38)5-6-20(24)32-8-3-4-16-10-19(18-7-9-34(22(18)11-16)15-28(29,30)31)27(36)33-21-13-40-26-23(35)14-41-25(21)26/h5-7,9-12,21,23,25-26,32,35H,8,13-15H2,1-2H3,(H,33,36)/t21-,23-,25+,26+/m0/s1. The molecule has 1 aromatic heterocycles. The third-order valence-electron chi connectivity index (χ3n) is 7.03. The van der Waals surface area contributed by atoms with E-state index in [-0.39, 0.29) is 35.7 Å². The van der Waals surface area contributed by atoms with Gasteiger partial charge in [0.1, 0.15) is 30.6 Å². The second-order valence-corrected chi connectivity index (χ2v) is 12.1. The number of anilines is 1. The predicted octanol–water partition coefficient (Wildman–Crippen LogP) is 2.34. The van der Waals surface area contributed by atoms with Gasteiger partial charge in [0.25, 0.3) is 5.91 Å². The number of fused-ring (bicyclic) bond motifs is 2. The molecule has 2 aromatic carbocycles. The SMILES string of the molecule is COc1cc(S(C)(=O)=O)ccc1NCC#Cc1cc(C(=O)N[C@H]2CO[C@H]3[C@@H]2OC[C@@H]3O)c2ccn(CC(F)(F)F)c2c1. The molecule has 0 bridgehead atoms.